The summed E-state index contributed by atoms with van der Waals surface area (Å²) in [5, 5.41) is 0. The number of carbonyl (C=O) groups is 2. The van der Waals surface area contributed by atoms with Gasteiger partial charge in [-0.3, -0.25) is 9.59 Å². The topological polar surface area (TPSA) is 43.4 Å². The molecule has 0 fully saturated rings. The molecule has 0 aromatic carbocycles. The average molecular weight is 278 g/mol. The molecule has 112 valence electrons. The van der Waals surface area contributed by atoms with E-state index >= 15 is 0 Å². The number of ether oxygens (including phenoxy) is 1. The van der Waals surface area contributed by atoms with Gasteiger partial charge in [0, 0.05) is 25.7 Å². The summed E-state index contributed by atoms with van der Waals surface area (Å²) < 4.78 is 5.46. The maximum absolute atomic E-state index is 12.3. The number of allylic oxidation sites excluding steroid dienone is 2. The molecule has 3 nitrogen and oxygen atoms in total. The first-order valence-corrected chi connectivity index (χ1v) is 7.33. The lowest BCUT2D eigenvalue weighted by molar-refractivity contribution is -0.145. The smallest absolute Gasteiger partial charge is 0.303 e. The van der Waals surface area contributed by atoms with Gasteiger partial charge in [-0.1, -0.05) is 24.1 Å². The lowest BCUT2D eigenvalue weighted by Crippen LogP contribution is -2.24. The first-order chi connectivity index (χ1) is 9.31. The molecule has 0 radical (unpaired) electrons. The number of Topliss-reactive ketones (excluding diaryl/α,β-unsaturated/α-hetero) is 1. The van der Waals surface area contributed by atoms with Crippen LogP contribution in [0.15, 0.2) is 22.8 Å². The number of hydrogen-bond donors (Lipinski definition) is 0. The summed E-state index contributed by atoms with van der Waals surface area (Å²) in [6, 6.07) is 0. The Kier molecular flexibility index (Phi) is 6.18. The van der Waals surface area contributed by atoms with E-state index in [4.69, 9.17) is 4.74 Å². The molecular formula is C17H26O3. The van der Waals surface area contributed by atoms with Gasteiger partial charge in [-0.15, -0.1) is 0 Å². The fraction of sp³-hybridized carbons (Fsp3) is 0.647. The van der Waals surface area contributed by atoms with Crippen molar-refractivity contribution in [3.8, 4) is 0 Å². The van der Waals surface area contributed by atoms with E-state index in [1.54, 1.807) is 0 Å². The predicted molar refractivity (Wildman–Crippen MR) is 80.3 cm³/mol. The van der Waals surface area contributed by atoms with Gasteiger partial charge < -0.3 is 4.74 Å². The number of ketones is 1. The number of carbonyl (C=O) groups excluding carboxylic acids is 2. The van der Waals surface area contributed by atoms with Gasteiger partial charge in [-0.2, -0.15) is 0 Å². The highest BCUT2D eigenvalue weighted by Crippen LogP contribution is 2.27. The molecule has 2 unspecified atom stereocenters. The molecule has 1 rings (SSSR count). The molecule has 0 aliphatic heterocycles. The largest absolute Gasteiger partial charge is 0.458 e. The van der Waals surface area contributed by atoms with Gasteiger partial charge in [0.25, 0.3) is 0 Å². The molecule has 0 N–H and O–H groups in total. The summed E-state index contributed by atoms with van der Waals surface area (Å²) in [4.78, 5) is 23.6. The van der Waals surface area contributed by atoms with Crippen LogP contribution in [0.5, 0.6) is 0 Å². The highest BCUT2D eigenvalue weighted by Gasteiger charge is 2.24. The molecule has 0 bridgehead atoms. The molecule has 1 aliphatic carbocycles. The molecule has 0 saturated carbocycles. The molecule has 2 atom stereocenters. The lowest BCUT2D eigenvalue weighted by atomic mass is 9.87. The highest BCUT2D eigenvalue weighted by molar-refractivity contribution is 5.83. The zero-order valence-corrected chi connectivity index (χ0v) is 13.3. The van der Waals surface area contributed by atoms with Crippen molar-refractivity contribution in [2.75, 3.05) is 0 Å². The van der Waals surface area contributed by atoms with Gasteiger partial charge in [0.15, 0.2) is 0 Å². The maximum atomic E-state index is 12.3. The van der Waals surface area contributed by atoms with E-state index in [9.17, 15) is 9.59 Å². The van der Waals surface area contributed by atoms with Gasteiger partial charge >= 0.3 is 5.97 Å². The second-order valence-electron chi connectivity index (χ2n) is 6.00. The van der Waals surface area contributed by atoms with Crippen LogP contribution in [-0.4, -0.2) is 17.9 Å². The zero-order valence-electron chi connectivity index (χ0n) is 13.3. The van der Waals surface area contributed by atoms with Crippen molar-refractivity contribution < 1.29 is 14.3 Å². The van der Waals surface area contributed by atoms with Crippen LogP contribution < -0.4 is 0 Å². The van der Waals surface area contributed by atoms with Crippen LogP contribution in [-0.2, 0) is 14.3 Å². The fourth-order valence-corrected chi connectivity index (χ4v) is 2.53. The predicted octanol–water partition coefficient (Wildman–Crippen LogP) is 3.98. The molecule has 0 aromatic heterocycles. The van der Waals surface area contributed by atoms with Crippen LogP contribution in [0.3, 0.4) is 0 Å². The van der Waals surface area contributed by atoms with Crippen LogP contribution in [0.2, 0.25) is 0 Å². The van der Waals surface area contributed by atoms with E-state index in [0.717, 1.165) is 24.0 Å². The Morgan fingerprint density at radius 1 is 1.30 bits per heavy atom. The maximum Gasteiger partial charge on any atom is 0.303 e. The highest BCUT2D eigenvalue weighted by atomic mass is 16.5. The minimum atomic E-state index is -0.303. The molecule has 1 aliphatic rings. The Morgan fingerprint density at radius 3 is 2.50 bits per heavy atom. The average Bonchev–Trinajstić information content (AvgIpc) is 2.32. The summed E-state index contributed by atoms with van der Waals surface area (Å²) in [5.41, 5.74) is 3.26. The molecule has 0 amide bonds. The Bertz CT molecular complexity index is 439. The van der Waals surface area contributed by atoms with Gasteiger partial charge in [0.05, 0.1) is 0 Å². The SMILES string of the molecule is CC(=O)OC1CC(C)=CCCC(C)C(=O)CC1=C(C)C. The second kappa shape index (κ2) is 7.41. The Morgan fingerprint density at radius 2 is 1.95 bits per heavy atom. The van der Waals surface area contributed by atoms with Crippen LogP contribution in [0.25, 0.3) is 0 Å². The van der Waals surface area contributed by atoms with Gasteiger partial charge in [0.2, 0.25) is 0 Å². The van der Waals surface area contributed by atoms with Crippen molar-refractivity contribution >= 4 is 11.8 Å². The number of rotatable bonds is 1. The van der Waals surface area contributed by atoms with Crippen molar-refractivity contribution in [1.29, 1.82) is 0 Å². The summed E-state index contributed by atoms with van der Waals surface area (Å²) in [5.74, 6) is 0.00916. The quantitative estimate of drug-likeness (QED) is 0.538. The van der Waals surface area contributed by atoms with Crippen LogP contribution in [0.4, 0.5) is 0 Å². The van der Waals surface area contributed by atoms with Crippen molar-refractivity contribution in [2.24, 2.45) is 5.92 Å². The van der Waals surface area contributed by atoms with Gasteiger partial charge in [-0.05, 0) is 39.2 Å². The second-order valence-corrected chi connectivity index (χ2v) is 6.00. The van der Waals surface area contributed by atoms with E-state index in [-0.39, 0.29) is 23.8 Å². The normalized spacial score (nSPS) is 24.9. The summed E-state index contributed by atoms with van der Waals surface area (Å²) >= 11 is 0. The van der Waals surface area contributed by atoms with E-state index < -0.39 is 0 Å². The van der Waals surface area contributed by atoms with E-state index in [0.29, 0.717) is 12.8 Å². The summed E-state index contributed by atoms with van der Waals surface area (Å²) in [6.45, 7) is 9.43. The Labute approximate surface area is 122 Å². The molecule has 0 aromatic rings. The molecule has 0 heterocycles. The summed E-state index contributed by atoms with van der Waals surface area (Å²) in [7, 11) is 0. The van der Waals surface area contributed by atoms with Crippen molar-refractivity contribution in [3.63, 3.8) is 0 Å². The third-order valence-corrected chi connectivity index (χ3v) is 3.85. The van der Waals surface area contributed by atoms with Crippen molar-refractivity contribution in [2.45, 2.75) is 66.4 Å². The minimum absolute atomic E-state index is 0.0597. The van der Waals surface area contributed by atoms with Crippen LogP contribution in [0.1, 0.15) is 60.3 Å². The Hall–Kier alpha value is -1.38. The van der Waals surface area contributed by atoms with E-state index in [2.05, 4.69) is 13.0 Å². The standard InChI is InChI=1S/C17H26O3/c1-11(2)15-10-16(19)13(4)8-6-7-12(3)9-17(15)20-14(5)18/h7,13,17H,6,8-10H2,1-5H3. The van der Waals surface area contributed by atoms with Gasteiger partial charge in [-0.25, -0.2) is 0 Å². The third-order valence-electron chi connectivity index (χ3n) is 3.85. The molecule has 0 saturated heterocycles. The monoisotopic (exact) mass is 278 g/mol. The zero-order chi connectivity index (χ0) is 15.3. The number of hydrogen-bond acceptors (Lipinski definition) is 3. The Balaban J connectivity index is 3.12. The molecular weight excluding hydrogens is 252 g/mol. The first kappa shape index (κ1) is 16.7. The van der Waals surface area contributed by atoms with E-state index in [1.165, 1.54) is 12.5 Å². The van der Waals surface area contributed by atoms with Crippen LogP contribution in [0, 0.1) is 5.92 Å². The van der Waals surface area contributed by atoms with Crippen molar-refractivity contribution in [3.05, 3.63) is 22.8 Å². The lowest BCUT2D eigenvalue weighted by Gasteiger charge is -2.24. The molecule has 20 heavy (non-hydrogen) atoms. The molecule has 0 spiro atoms. The summed E-state index contributed by atoms with van der Waals surface area (Å²) in [6.07, 6.45) is 4.74. The fourth-order valence-electron chi connectivity index (χ4n) is 2.53. The third kappa shape index (κ3) is 4.95. The van der Waals surface area contributed by atoms with Crippen LogP contribution >= 0.6 is 0 Å². The molecule has 3 heteroatoms. The van der Waals surface area contributed by atoms with Gasteiger partial charge in [0.1, 0.15) is 11.9 Å². The van der Waals surface area contributed by atoms with Crippen molar-refractivity contribution in [1.82, 2.24) is 0 Å². The number of esters is 1. The van der Waals surface area contributed by atoms with E-state index in [1.807, 2.05) is 20.8 Å². The first-order valence-electron chi connectivity index (χ1n) is 7.33. The minimum Gasteiger partial charge on any atom is -0.458 e.